The molecule has 0 aliphatic carbocycles. The highest BCUT2D eigenvalue weighted by Gasteiger charge is 2.34. The van der Waals surface area contributed by atoms with E-state index in [9.17, 15) is 0 Å². The van der Waals surface area contributed by atoms with E-state index in [0.29, 0.717) is 0 Å². The van der Waals surface area contributed by atoms with Gasteiger partial charge in [0.2, 0.25) is 0 Å². The molecule has 1 rings (SSSR count). The van der Waals surface area contributed by atoms with E-state index in [1.165, 1.54) is 0 Å². The zero-order chi connectivity index (χ0) is 6.85. The van der Waals surface area contributed by atoms with E-state index in [1.807, 2.05) is 0 Å². The monoisotopic (exact) mass is 133 g/mol. The number of hydrogen-bond acceptors (Lipinski definition) is 4. The van der Waals surface area contributed by atoms with Gasteiger partial charge in [-0.25, -0.2) is 0 Å². The van der Waals surface area contributed by atoms with E-state index in [2.05, 4.69) is 0 Å². The number of hydrogen-bond donors (Lipinski definition) is 3. The molecule has 1 aliphatic heterocycles. The second-order valence-corrected chi connectivity index (χ2v) is 1.95. The van der Waals surface area contributed by atoms with Crippen LogP contribution in [0, 0.1) is 6.10 Å². The zero-order valence-corrected chi connectivity index (χ0v) is 4.82. The Morgan fingerprint density at radius 1 is 1.56 bits per heavy atom. The van der Waals surface area contributed by atoms with Crippen molar-refractivity contribution >= 4 is 0 Å². The van der Waals surface area contributed by atoms with Crippen LogP contribution in [0.1, 0.15) is 0 Å². The van der Waals surface area contributed by atoms with Crippen LogP contribution in [0.25, 0.3) is 0 Å². The van der Waals surface area contributed by atoms with Gasteiger partial charge in [0.25, 0.3) is 0 Å². The molecule has 1 fully saturated rings. The number of aliphatic hydroxyl groups excluding tert-OH is 3. The van der Waals surface area contributed by atoms with Crippen molar-refractivity contribution in [3.63, 3.8) is 0 Å². The Balaban J connectivity index is 2.41. The van der Waals surface area contributed by atoms with Crippen molar-refractivity contribution in [2.24, 2.45) is 0 Å². The first-order chi connectivity index (χ1) is 4.25. The molecule has 4 nitrogen and oxygen atoms in total. The highest BCUT2D eigenvalue weighted by atomic mass is 16.5. The summed E-state index contributed by atoms with van der Waals surface area (Å²) < 4.78 is 4.69. The van der Waals surface area contributed by atoms with Crippen LogP contribution >= 0.6 is 0 Å². The van der Waals surface area contributed by atoms with Crippen molar-refractivity contribution in [1.29, 1.82) is 0 Å². The van der Waals surface area contributed by atoms with Gasteiger partial charge in [-0.05, 0) is 0 Å². The lowest BCUT2D eigenvalue weighted by Crippen LogP contribution is -2.26. The molecule has 0 aromatic carbocycles. The van der Waals surface area contributed by atoms with Crippen LogP contribution in [-0.2, 0) is 4.74 Å². The molecule has 1 radical (unpaired) electrons. The van der Waals surface area contributed by atoms with E-state index < -0.39 is 12.2 Å². The third-order valence-corrected chi connectivity index (χ3v) is 1.29. The molecule has 0 aromatic rings. The molecule has 0 amide bonds. The van der Waals surface area contributed by atoms with Gasteiger partial charge in [-0.2, -0.15) is 0 Å². The molecule has 4 heteroatoms. The molecule has 9 heavy (non-hydrogen) atoms. The summed E-state index contributed by atoms with van der Waals surface area (Å²) in [7, 11) is 0. The lowest BCUT2D eigenvalue weighted by atomic mass is 10.2. The number of aliphatic hydroxyl groups is 3. The first kappa shape index (κ1) is 6.95. The average molecular weight is 133 g/mol. The summed E-state index contributed by atoms with van der Waals surface area (Å²) in [4.78, 5) is 0. The Morgan fingerprint density at radius 2 is 2.22 bits per heavy atom. The molecule has 2 atom stereocenters. The van der Waals surface area contributed by atoms with Crippen LogP contribution in [0.3, 0.4) is 0 Å². The van der Waals surface area contributed by atoms with Crippen LogP contribution in [0.4, 0.5) is 0 Å². The quantitative estimate of drug-likeness (QED) is 0.397. The predicted molar refractivity (Wildman–Crippen MR) is 28.3 cm³/mol. The van der Waals surface area contributed by atoms with E-state index in [1.54, 1.807) is 0 Å². The van der Waals surface area contributed by atoms with Gasteiger partial charge in [0.15, 0.2) is 6.10 Å². The van der Waals surface area contributed by atoms with Crippen molar-refractivity contribution < 1.29 is 20.1 Å². The van der Waals surface area contributed by atoms with Gasteiger partial charge in [-0.3, -0.25) is 0 Å². The van der Waals surface area contributed by atoms with Gasteiger partial charge in [-0.1, -0.05) is 0 Å². The fourth-order valence-electron chi connectivity index (χ4n) is 0.723. The van der Waals surface area contributed by atoms with Gasteiger partial charge >= 0.3 is 0 Å². The molecule has 0 aromatic heterocycles. The molecule has 0 unspecified atom stereocenters. The van der Waals surface area contributed by atoms with E-state index in [-0.39, 0.29) is 19.3 Å². The Bertz CT molecular complexity index is 95.0. The Labute approximate surface area is 52.7 Å². The highest BCUT2D eigenvalue weighted by Crippen LogP contribution is 2.19. The molecule has 1 aliphatic rings. The highest BCUT2D eigenvalue weighted by molar-refractivity contribution is 4.96. The molecular formula is C5H9O4. The van der Waals surface area contributed by atoms with Gasteiger partial charge in [-0.15, -0.1) is 0 Å². The largest absolute Gasteiger partial charge is 0.393 e. The summed E-state index contributed by atoms with van der Waals surface area (Å²) in [6, 6.07) is 0. The van der Waals surface area contributed by atoms with Crippen molar-refractivity contribution in [3.05, 3.63) is 6.10 Å². The molecule has 1 saturated heterocycles. The predicted octanol–water partition coefficient (Wildman–Crippen LogP) is -1.74. The molecule has 1 heterocycles. The summed E-state index contributed by atoms with van der Waals surface area (Å²) >= 11 is 0. The van der Waals surface area contributed by atoms with Gasteiger partial charge in [0, 0.05) is 0 Å². The molecule has 0 saturated carbocycles. The lowest BCUT2D eigenvalue weighted by Gasteiger charge is -2.08. The van der Waals surface area contributed by atoms with Crippen molar-refractivity contribution in [2.45, 2.75) is 12.2 Å². The molecule has 3 N–H and O–H groups in total. The number of rotatable bonds is 1. The maximum absolute atomic E-state index is 8.89. The van der Waals surface area contributed by atoms with Crippen LogP contribution in [-0.4, -0.2) is 40.7 Å². The first-order valence-corrected chi connectivity index (χ1v) is 2.71. The third-order valence-electron chi connectivity index (χ3n) is 1.29. The Morgan fingerprint density at radius 3 is 2.44 bits per heavy atom. The smallest absolute Gasteiger partial charge is 0.153 e. The zero-order valence-electron chi connectivity index (χ0n) is 4.82. The maximum Gasteiger partial charge on any atom is 0.153 e. The minimum absolute atomic E-state index is 0.0804. The average Bonchev–Trinajstić information content (AvgIpc) is 2.15. The second kappa shape index (κ2) is 2.62. The molecule has 0 bridgehead atoms. The van der Waals surface area contributed by atoms with Crippen LogP contribution < -0.4 is 0 Å². The SMILES string of the molecule is OC[C]1OC[C@@H](O)[C@H]1O. The second-order valence-electron chi connectivity index (χ2n) is 1.95. The molecule has 0 spiro atoms. The van der Waals surface area contributed by atoms with E-state index in [4.69, 9.17) is 20.1 Å². The summed E-state index contributed by atoms with van der Waals surface area (Å²) in [6.45, 7) is -0.241. The van der Waals surface area contributed by atoms with Crippen molar-refractivity contribution in [3.8, 4) is 0 Å². The lowest BCUT2D eigenvalue weighted by molar-refractivity contribution is 0.0492. The first-order valence-electron chi connectivity index (χ1n) is 2.71. The van der Waals surface area contributed by atoms with E-state index >= 15 is 0 Å². The van der Waals surface area contributed by atoms with Crippen LogP contribution in [0.2, 0.25) is 0 Å². The topological polar surface area (TPSA) is 69.9 Å². The minimum atomic E-state index is -1.00. The van der Waals surface area contributed by atoms with Gasteiger partial charge in [0.05, 0.1) is 13.2 Å². The van der Waals surface area contributed by atoms with Crippen molar-refractivity contribution in [2.75, 3.05) is 13.2 Å². The fourth-order valence-corrected chi connectivity index (χ4v) is 0.723. The fraction of sp³-hybridized carbons (Fsp3) is 0.800. The van der Waals surface area contributed by atoms with Crippen LogP contribution in [0.15, 0.2) is 0 Å². The molecular weight excluding hydrogens is 124 g/mol. The van der Waals surface area contributed by atoms with Crippen LogP contribution in [0.5, 0.6) is 0 Å². The standard InChI is InChI=1S/C5H9O4/c6-1-4-5(8)3(7)2-9-4/h3,5-8H,1-2H2/t3-,5-/m1/s1. The Kier molecular flexibility index (Phi) is 2.02. The summed E-state index contributed by atoms with van der Waals surface area (Å²) in [5, 5.41) is 26.1. The van der Waals surface area contributed by atoms with E-state index in [0.717, 1.165) is 0 Å². The normalized spacial score (nSPS) is 37.7. The third kappa shape index (κ3) is 1.21. The van der Waals surface area contributed by atoms with Gasteiger partial charge < -0.3 is 20.1 Å². The summed E-state index contributed by atoms with van der Waals surface area (Å²) in [6.07, 6.45) is -1.72. The van der Waals surface area contributed by atoms with Crippen molar-refractivity contribution in [1.82, 2.24) is 0 Å². The molecule has 53 valence electrons. The maximum atomic E-state index is 8.89. The van der Waals surface area contributed by atoms with Gasteiger partial charge in [0.1, 0.15) is 12.2 Å². The summed E-state index contributed by atoms with van der Waals surface area (Å²) in [5.41, 5.74) is 0. The number of ether oxygens (including phenoxy) is 1. The summed E-state index contributed by atoms with van der Waals surface area (Å²) in [5.74, 6) is 0. The Hall–Kier alpha value is -0.160. The minimum Gasteiger partial charge on any atom is -0.393 e.